The van der Waals surface area contributed by atoms with Crippen LogP contribution in [0.25, 0.3) is 22.2 Å². The molecule has 0 radical (unpaired) electrons. The number of likely N-dealkylation sites (N-methyl/N-ethyl adjacent to an activating group) is 1. The lowest BCUT2D eigenvalue weighted by atomic mass is 9.81. The Morgan fingerprint density at radius 1 is 1.05 bits per heavy atom. The van der Waals surface area contributed by atoms with Gasteiger partial charge < -0.3 is 19.1 Å². The van der Waals surface area contributed by atoms with Crippen LogP contribution in [0.15, 0.2) is 36.4 Å². The summed E-state index contributed by atoms with van der Waals surface area (Å²) < 4.78 is 33.3. The zero-order valence-electron chi connectivity index (χ0n) is 25.2. The highest BCUT2D eigenvalue weighted by molar-refractivity contribution is 7.87. The van der Waals surface area contributed by atoms with E-state index in [1.165, 1.54) is 24.8 Å². The summed E-state index contributed by atoms with van der Waals surface area (Å²) in [5.41, 5.74) is 5.16. The van der Waals surface area contributed by atoms with Crippen LogP contribution in [0.4, 0.5) is 0 Å². The van der Waals surface area contributed by atoms with Gasteiger partial charge >= 0.3 is 0 Å². The molecule has 2 amide bonds. The smallest absolute Gasteiger partial charge is 0.298 e. The number of hydrogen-bond acceptors (Lipinski definition) is 6. The first kappa shape index (κ1) is 28.1. The fourth-order valence-corrected chi connectivity index (χ4v) is 9.40. The molecule has 3 N–H and O–H groups in total. The van der Waals surface area contributed by atoms with Gasteiger partial charge in [-0.3, -0.25) is 9.59 Å². The molecule has 232 valence electrons. The van der Waals surface area contributed by atoms with Gasteiger partial charge in [-0.15, -0.1) is 0 Å². The zero-order valence-corrected chi connectivity index (χ0v) is 26.0. The molecule has 5 aliphatic rings. The molecule has 10 nitrogen and oxygen atoms in total. The molecule has 2 aliphatic carbocycles. The Morgan fingerprint density at radius 2 is 1.80 bits per heavy atom. The van der Waals surface area contributed by atoms with Gasteiger partial charge in [-0.1, -0.05) is 25.3 Å². The van der Waals surface area contributed by atoms with Crippen molar-refractivity contribution in [2.24, 2.45) is 10.6 Å². The highest BCUT2D eigenvalue weighted by atomic mass is 32.2. The number of nitrogens with two attached hydrogens (primary N) is 1. The van der Waals surface area contributed by atoms with Gasteiger partial charge in [-0.2, -0.15) is 8.42 Å². The van der Waals surface area contributed by atoms with Crippen LogP contribution < -0.4 is 14.6 Å². The summed E-state index contributed by atoms with van der Waals surface area (Å²) >= 11 is 0. The number of nitrogens with zero attached hydrogens (tertiary/aromatic N) is 3. The lowest BCUT2D eigenvalue weighted by molar-refractivity contribution is -0.159. The summed E-state index contributed by atoms with van der Waals surface area (Å²) in [6.07, 6.45) is 7.56. The second-order valence-electron chi connectivity index (χ2n) is 13.7. The monoisotopic (exact) mass is 617 g/mol. The van der Waals surface area contributed by atoms with Crippen molar-refractivity contribution in [2.45, 2.75) is 75.4 Å². The molecule has 2 aromatic carbocycles. The van der Waals surface area contributed by atoms with Gasteiger partial charge in [0.1, 0.15) is 5.75 Å². The van der Waals surface area contributed by atoms with Gasteiger partial charge in [0.25, 0.3) is 16.1 Å². The number of benzene rings is 2. The van der Waals surface area contributed by atoms with Crippen LogP contribution >= 0.6 is 0 Å². The Hall–Kier alpha value is -3.41. The van der Waals surface area contributed by atoms with E-state index in [9.17, 15) is 18.0 Å². The lowest BCUT2D eigenvalue weighted by Gasteiger charge is -2.56. The molecular formula is C33H39N5O5S. The number of nitrogens with one attached hydrogen (secondary N) is 1. The van der Waals surface area contributed by atoms with Crippen molar-refractivity contribution in [3.63, 3.8) is 0 Å². The van der Waals surface area contributed by atoms with E-state index >= 15 is 0 Å². The van der Waals surface area contributed by atoms with E-state index in [2.05, 4.69) is 33.5 Å². The number of amides is 2. The third-order valence-electron chi connectivity index (χ3n) is 11.1. The van der Waals surface area contributed by atoms with Gasteiger partial charge in [0.15, 0.2) is 0 Å². The predicted molar refractivity (Wildman–Crippen MR) is 167 cm³/mol. The minimum absolute atomic E-state index is 0.0715. The quantitative estimate of drug-likeness (QED) is 0.450. The van der Waals surface area contributed by atoms with Crippen molar-refractivity contribution in [3.8, 4) is 17.0 Å². The Kier molecular flexibility index (Phi) is 6.25. The Bertz CT molecular complexity index is 1820. The third-order valence-corrected chi connectivity index (χ3v) is 11.5. The third kappa shape index (κ3) is 4.23. The molecule has 4 heterocycles. The number of carbonyl (C=O) groups is 2. The standard InChI is InChI=1S/C33H39N5O5S/c1-36-16-21-13-22(17-36)38(21)32(40)33-15-27(33)26-14-23(43-2)9-11-24(26)30-29(19-6-4-3-5-7-19)25-10-8-20(12-28(25)37(30)18-33)31(39)35-44(34,41)42/h8-12,14,19,21-22,27H,3-7,13,15-18H2,1-2H3,(H,35,39)(H2,34,41,42)/t21-,22+,27?,33?. The van der Waals surface area contributed by atoms with E-state index in [0.29, 0.717) is 12.5 Å². The van der Waals surface area contributed by atoms with Crippen LogP contribution in [0, 0.1) is 5.41 Å². The van der Waals surface area contributed by atoms with E-state index in [-0.39, 0.29) is 29.5 Å². The molecule has 3 aliphatic heterocycles. The number of carbonyl (C=O) groups excluding carboxylic acids is 2. The number of fused-ring (bicyclic) bond motifs is 9. The SMILES string of the molecule is COc1ccc2c(c1)C1CC1(C(=O)N1[C@@H]3C[C@H]1CN(C)C3)Cn1c-2c(C2CCCCC2)c2ccc(C(=O)NS(N)(=O)=O)cc21. The first-order valence-corrected chi connectivity index (χ1v) is 17.3. The summed E-state index contributed by atoms with van der Waals surface area (Å²) in [4.78, 5) is 32.2. The topological polar surface area (TPSA) is 127 Å². The number of rotatable bonds is 5. The minimum Gasteiger partial charge on any atom is -0.497 e. The average molecular weight is 618 g/mol. The molecule has 44 heavy (non-hydrogen) atoms. The van der Waals surface area contributed by atoms with Crippen molar-refractivity contribution in [3.05, 3.63) is 53.1 Å². The Morgan fingerprint density at radius 3 is 2.50 bits per heavy atom. The van der Waals surface area contributed by atoms with Gasteiger partial charge in [-0.05, 0) is 80.1 Å². The molecule has 4 atom stereocenters. The van der Waals surface area contributed by atoms with Crippen molar-refractivity contribution in [2.75, 3.05) is 27.2 Å². The molecule has 2 bridgehead atoms. The molecule has 11 heteroatoms. The maximum atomic E-state index is 14.7. The Labute approximate surface area is 257 Å². The number of likely N-dealkylation sites (tertiary alicyclic amines) is 2. The first-order chi connectivity index (χ1) is 21.1. The van der Waals surface area contributed by atoms with E-state index < -0.39 is 21.5 Å². The maximum Gasteiger partial charge on any atom is 0.298 e. The van der Waals surface area contributed by atoms with Crippen LogP contribution in [-0.2, 0) is 21.5 Å². The van der Waals surface area contributed by atoms with Crippen LogP contribution in [0.1, 0.15) is 78.3 Å². The van der Waals surface area contributed by atoms with Crippen LogP contribution in [0.5, 0.6) is 5.75 Å². The zero-order chi connectivity index (χ0) is 30.5. The molecule has 0 spiro atoms. The van der Waals surface area contributed by atoms with Crippen LogP contribution in [0.2, 0.25) is 0 Å². The van der Waals surface area contributed by atoms with E-state index in [0.717, 1.165) is 72.2 Å². The molecule has 8 rings (SSSR count). The number of methoxy groups -OCH3 is 1. The highest BCUT2D eigenvalue weighted by Crippen LogP contribution is 2.67. The van der Waals surface area contributed by atoms with Crippen molar-refractivity contribution in [1.29, 1.82) is 0 Å². The largest absolute Gasteiger partial charge is 0.497 e. The van der Waals surface area contributed by atoms with Gasteiger partial charge in [-0.25, -0.2) is 9.86 Å². The molecule has 2 unspecified atom stereocenters. The minimum atomic E-state index is -4.22. The second-order valence-corrected chi connectivity index (χ2v) is 15.0. The molecule has 2 saturated heterocycles. The van der Waals surface area contributed by atoms with E-state index in [1.807, 2.05) is 16.9 Å². The second kappa shape index (κ2) is 9.79. The predicted octanol–water partition coefficient (Wildman–Crippen LogP) is 3.70. The molecule has 2 saturated carbocycles. The van der Waals surface area contributed by atoms with Gasteiger partial charge in [0, 0.05) is 59.7 Å². The molecule has 3 aromatic rings. The Balaban J connectivity index is 1.34. The van der Waals surface area contributed by atoms with Crippen LogP contribution in [-0.4, -0.2) is 73.9 Å². The average Bonchev–Trinajstić information content (AvgIpc) is 3.66. The fraction of sp³-hybridized carbons (Fsp3) is 0.515. The van der Waals surface area contributed by atoms with Gasteiger partial charge in [0.05, 0.1) is 18.2 Å². The van der Waals surface area contributed by atoms with E-state index in [4.69, 9.17) is 9.88 Å². The maximum absolute atomic E-state index is 14.7. The number of aromatic nitrogens is 1. The lowest BCUT2D eigenvalue weighted by Crippen LogP contribution is -2.70. The summed E-state index contributed by atoms with van der Waals surface area (Å²) in [6, 6.07) is 12.2. The summed E-state index contributed by atoms with van der Waals surface area (Å²) in [7, 11) is -0.411. The first-order valence-electron chi connectivity index (χ1n) is 15.8. The molecule has 1 aromatic heterocycles. The number of piperidine rings is 1. The fourth-order valence-electron chi connectivity index (χ4n) is 9.02. The van der Waals surface area contributed by atoms with Crippen LogP contribution in [0.3, 0.4) is 0 Å². The number of ether oxygens (including phenoxy) is 1. The summed E-state index contributed by atoms with van der Waals surface area (Å²) in [6.45, 7) is 2.32. The van der Waals surface area contributed by atoms with Crippen molar-refractivity contribution in [1.82, 2.24) is 19.1 Å². The van der Waals surface area contributed by atoms with Crippen molar-refractivity contribution < 1.29 is 22.7 Å². The van der Waals surface area contributed by atoms with Crippen molar-refractivity contribution >= 4 is 32.9 Å². The van der Waals surface area contributed by atoms with E-state index in [1.54, 1.807) is 19.2 Å². The number of piperazine rings is 1. The summed E-state index contributed by atoms with van der Waals surface area (Å²) in [5, 5.41) is 6.20. The number of hydrogen-bond donors (Lipinski definition) is 2. The highest BCUT2D eigenvalue weighted by Gasteiger charge is 2.66. The molecule has 4 fully saturated rings. The summed E-state index contributed by atoms with van der Waals surface area (Å²) in [5.74, 6) is 0.679. The van der Waals surface area contributed by atoms with Gasteiger partial charge in [0.2, 0.25) is 5.91 Å². The normalized spacial score (nSPS) is 27.9. The molecular weight excluding hydrogens is 578 g/mol.